The fraction of sp³-hybridized carbons (Fsp3) is 0.250. The fourth-order valence-electron chi connectivity index (χ4n) is 4.10. The molecule has 1 aliphatic heterocycles. The Bertz CT molecular complexity index is 1380. The third kappa shape index (κ3) is 4.65. The lowest BCUT2D eigenvalue weighted by Gasteiger charge is -2.38. The Morgan fingerprint density at radius 2 is 2.06 bits per heavy atom. The average molecular weight is 549 g/mol. The smallest absolute Gasteiger partial charge is 0.488 e. The molecule has 11 heteroatoms. The molecule has 35 heavy (non-hydrogen) atoms. The van der Waals surface area contributed by atoms with Crippen molar-refractivity contribution >= 4 is 38.5 Å². The zero-order chi connectivity index (χ0) is 24.7. The Balaban J connectivity index is 1.60. The number of nitrogens with one attached hydrogen (secondary N) is 1. The number of halogens is 4. The highest BCUT2D eigenvalue weighted by atomic mass is 79.9. The van der Waals surface area contributed by atoms with Gasteiger partial charge in [-0.15, -0.1) is 13.2 Å². The predicted octanol–water partition coefficient (Wildman–Crippen LogP) is 6.14. The molecule has 2 aromatic carbocycles. The highest BCUT2D eigenvalue weighted by Gasteiger charge is 2.33. The average Bonchev–Trinajstić information content (AvgIpc) is 3.23. The van der Waals surface area contributed by atoms with Gasteiger partial charge in [0.05, 0.1) is 29.4 Å². The molecule has 0 bridgehead atoms. The van der Waals surface area contributed by atoms with Crippen LogP contribution < -0.4 is 14.4 Å². The topological polar surface area (TPSA) is 72.5 Å². The number of anilines is 2. The number of aryl methyl sites for hydroxylation is 1. The predicted molar refractivity (Wildman–Crippen MR) is 128 cm³/mol. The lowest BCUT2D eigenvalue weighted by molar-refractivity contribution is -0.274. The molecule has 182 valence electrons. The van der Waals surface area contributed by atoms with Gasteiger partial charge in [0.25, 0.3) is 0 Å². The molecule has 1 atom stereocenters. The van der Waals surface area contributed by atoms with Gasteiger partial charge < -0.3 is 24.1 Å². The summed E-state index contributed by atoms with van der Waals surface area (Å²) in [6.45, 7) is 2.75. The van der Waals surface area contributed by atoms with Crippen molar-refractivity contribution in [2.45, 2.75) is 19.3 Å². The minimum absolute atomic E-state index is 0.107. The zero-order valence-corrected chi connectivity index (χ0v) is 20.3. The van der Waals surface area contributed by atoms with Gasteiger partial charge in [-0.25, -0.2) is 9.97 Å². The maximum Gasteiger partial charge on any atom is 0.573 e. The van der Waals surface area contributed by atoms with Gasteiger partial charge in [0.1, 0.15) is 29.5 Å². The van der Waals surface area contributed by atoms with Gasteiger partial charge >= 0.3 is 6.36 Å². The molecular weight excluding hydrogens is 529 g/mol. The Kier molecular flexibility index (Phi) is 6.06. The van der Waals surface area contributed by atoms with E-state index in [2.05, 4.69) is 40.5 Å². The summed E-state index contributed by atoms with van der Waals surface area (Å²) >= 11 is 3.30. The van der Waals surface area contributed by atoms with Crippen molar-refractivity contribution in [1.82, 2.24) is 15.0 Å². The number of methoxy groups -OCH3 is 1. The van der Waals surface area contributed by atoms with E-state index in [1.807, 2.05) is 37.3 Å². The second-order valence-corrected chi connectivity index (χ2v) is 8.93. The summed E-state index contributed by atoms with van der Waals surface area (Å²) in [6.07, 6.45) is -3.00. The molecule has 0 spiro atoms. The summed E-state index contributed by atoms with van der Waals surface area (Å²) in [7, 11) is 1.63. The molecule has 7 nitrogen and oxygen atoms in total. The van der Waals surface area contributed by atoms with Crippen molar-refractivity contribution in [1.29, 1.82) is 0 Å². The van der Waals surface area contributed by atoms with E-state index in [0.29, 0.717) is 45.9 Å². The van der Waals surface area contributed by atoms with Crippen molar-refractivity contribution in [2.24, 2.45) is 0 Å². The van der Waals surface area contributed by atoms with Crippen molar-refractivity contribution in [2.75, 3.05) is 25.2 Å². The number of benzene rings is 2. The van der Waals surface area contributed by atoms with Crippen LogP contribution in [0, 0.1) is 6.92 Å². The Hall–Kier alpha value is -3.31. The molecule has 0 aliphatic carbocycles. The first-order valence-electron chi connectivity index (χ1n) is 10.7. The van der Waals surface area contributed by atoms with Crippen LogP contribution >= 0.6 is 15.9 Å². The molecule has 0 fully saturated rings. The second-order valence-electron chi connectivity index (χ2n) is 8.07. The quantitative estimate of drug-likeness (QED) is 0.323. The molecule has 0 amide bonds. The number of rotatable bonds is 5. The van der Waals surface area contributed by atoms with Gasteiger partial charge in [0.15, 0.2) is 5.75 Å². The molecular formula is C24H20BrF3N4O3. The van der Waals surface area contributed by atoms with Gasteiger partial charge in [0.2, 0.25) is 0 Å². The van der Waals surface area contributed by atoms with Gasteiger partial charge in [0, 0.05) is 23.8 Å². The van der Waals surface area contributed by atoms with Crippen LogP contribution in [0.2, 0.25) is 0 Å². The molecule has 1 aliphatic rings. The Labute approximate surface area is 207 Å². The highest BCUT2D eigenvalue weighted by Crippen LogP contribution is 2.44. The zero-order valence-electron chi connectivity index (χ0n) is 18.7. The SMILES string of the molecule is COCC1COc2c(-c3nc4c(Br)cc(OC(F)(F)F)cc4[nH]3)cccc2N1c1ccc(C)cn1. The number of aromatic nitrogens is 3. The first-order chi connectivity index (χ1) is 16.7. The van der Waals surface area contributed by atoms with Gasteiger partial charge in [-0.2, -0.15) is 0 Å². The monoisotopic (exact) mass is 548 g/mol. The molecule has 1 N–H and O–H groups in total. The van der Waals surface area contributed by atoms with Crippen LogP contribution in [0.1, 0.15) is 5.56 Å². The maximum atomic E-state index is 12.7. The molecule has 4 aromatic rings. The minimum Gasteiger partial charge on any atom is -0.488 e. The van der Waals surface area contributed by atoms with E-state index in [1.165, 1.54) is 12.1 Å². The summed E-state index contributed by atoms with van der Waals surface area (Å²) in [5.74, 6) is 1.44. The van der Waals surface area contributed by atoms with Crippen LogP contribution in [0.5, 0.6) is 11.5 Å². The lowest BCUT2D eigenvalue weighted by atomic mass is 10.1. The van der Waals surface area contributed by atoms with Crippen molar-refractivity contribution in [3.63, 3.8) is 0 Å². The van der Waals surface area contributed by atoms with Crippen molar-refractivity contribution < 1.29 is 27.4 Å². The molecule has 0 saturated heterocycles. The van der Waals surface area contributed by atoms with E-state index in [4.69, 9.17) is 9.47 Å². The number of aromatic amines is 1. The number of nitrogens with zero attached hydrogens (tertiary/aromatic N) is 3. The number of pyridine rings is 1. The molecule has 0 saturated carbocycles. The summed E-state index contributed by atoms with van der Waals surface area (Å²) in [6, 6.07) is 12.0. The maximum absolute atomic E-state index is 12.7. The highest BCUT2D eigenvalue weighted by molar-refractivity contribution is 9.10. The summed E-state index contributed by atoms with van der Waals surface area (Å²) in [5.41, 5.74) is 3.35. The van der Waals surface area contributed by atoms with Crippen molar-refractivity contribution in [3.05, 3.63) is 58.7 Å². The number of imidazole rings is 1. The standard InChI is InChI=1S/C24H20BrF3N4O3/c1-13-6-7-20(29-10-13)32-14(11-33-2)12-34-22-16(4-3-5-19(22)32)23-30-18-9-15(35-24(26,27)28)8-17(25)21(18)31-23/h3-10,14H,11-12H2,1-2H3,(H,30,31). The van der Waals surface area contributed by atoms with Gasteiger partial charge in [-0.05, 0) is 52.7 Å². The summed E-state index contributed by atoms with van der Waals surface area (Å²) < 4.78 is 54.2. The van der Waals surface area contributed by atoms with Crippen molar-refractivity contribution in [3.8, 4) is 22.9 Å². The Morgan fingerprint density at radius 3 is 2.77 bits per heavy atom. The van der Waals surface area contributed by atoms with E-state index in [0.717, 1.165) is 17.1 Å². The van der Waals surface area contributed by atoms with E-state index in [-0.39, 0.29) is 11.8 Å². The molecule has 1 unspecified atom stereocenters. The molecule has 3 heterocycles. The van der Waals surface area contributed by atoms with Crippen LogP contribution in [0.3, 0.4) is 0 Å². The van der Waals surface area contributed by atoms with E-state index in [9.17, 15) is 13.2 Å². The summed E-state index contributed by atoms with van der Waals surface area (Å²) in [4.78, 5) is 14.4. The number of fused-ring (bicyclic) bond motifs is 2. The summed E-state index contributed by atoms with van der Waals surface area (Å²) in [5, 5.41) is 0. The normalized spacial score (nSPS) is 15.7. The number of ether oxygens (including phenoxy) is 3. The molecule has 2 aromatic heterocycles. The Morgan fingerprint density at radius 1 is 1.23 bits per heavy atom. The number of alkyl halides is 3. The van der Waals surface area contributed by atoms with Crippen LogP contribution in [-0.2, 0) is 4.74 Å². The van der Waals surface area contributed by atoms with Crippen LogP contribution in [-0.4, -0.2) is 47.7 Å². The number of para-hydroxylation sites is 1. The fourth-order valence-corrected chi connectivity index (χ4v) is 4.63. The second kappa shape index (κ2) is 9.04. The van der Waals surface area contributed by atoms with E-state index < -0.39 is 6.36 Å². The van der Waals surface area contributed by atoms with Crippen LogP contribution in [0.25, 0.3) is 22.4 Å². The largest absolute Gasteiger partial charge is 0.573 e. The molecule has 0 radical (unpaired) electrons. The number of hydrogen-bond donors (Lipinski definition) is 1. The van der Waals surface area contributed by atoms with Gasteiger partial charge in [-0.1, -0.05) is 12.1 Å². The third-order valence-electron chi connectivity index (χ3n) is 5.54. The third-order valence-corrected chi connectivity index (χ3v) is 6.15. The van der Waals surface area contributed by atoms with Crippen LogP contribution in [0.4, 0.5) is 24.7 Å². The van der Waals surface area contributed by atoms with Crippen LogP contribution in [0.15, 0.2) is 53.1 Å². The number of H-pyrrole nitrogens is 1. The first kappa shape index (κ1) is 23.4. The minimum atomic E-state index is -4.80. The molecule has 5 rings (SSSR count). The lowest BCUT2D eigenvalue weighted by Crippen LogP contribution is -2.43. The van der Waals surface area contributed by atoms with Gasteiger partial charge in [-0.3, -0.25) is 0 Å². The van der Waals surface area contributed by atoms with E-state index in [1.54, 1.807) is 13.3 Å². The first-order valence-corrected chi connectivity index (χ1v) is 11.4. The number of hydrogen-bond acceptors (Lipinski definition) is 6. The van der Waals surface area contributed by atoms with E-state index >= 15 is 0 Å².